The molecule has 0 aliphatic heterocycles. The summed E-state index contributed by atoms with van der Waals surface area (Å²) in [6.45, 7) is 6.07. The van der Waals surface area contributed by atoms with Gasteiger partial charge in [0.15, 0.2) is 6.61 Å². The van der Waals surface area contributed by atoms with Gasteiger partial charge in [0.25, 0.3) is 11.8 Å². The fourth-order valence-corrected chi connectivity index (χ4v) is 2.14. The first-order valence-electron chi connectivity index (χ1n) is 7.88. The quantitative estimate of drug-likeness (QED) is 0.692. The normalized spacial score (nSPS) is 13.2. The first kappa shape index (κ1) is 19.0. The molecule has 0 aromatic heterocycles. The topological polar surface area (TPSA) is 90.7 Å². The molecule has 0 radical (unpaired) electrons. The SMILES string of the molecule is CCCCC(C)(OCC)C(=O)Nc1ccc(OCC(N)=O)cc1. The molecule has 0 saturated heterocycles. The average molecular weight is 322 g/mol. The van der Waals surface area contributed by atoms with Crippen LogP contribution in [0.2, 0.25) is 0 Å². The van der Waals surface area contributed by atoms with Crippen molar-refractivity contribution in [2.24, 2.45) is 5.73 Å². The third-order valence-corrected chi connectivity index (χ3v) is 3.44. The number of benzene rings is 1. The van der Waals surface area contributed by atoms with Crippen molar-refractivity contribution in [2.45, 2.75) is 45.6 Å². The Kier molecular flexibility index (Phi) is 7.54. The number of carbonyl (C=O) groups is 2. The number of rotatable bonds is 10. The lowest BCUT2D eigenvalue weighted by Gasteiger charge is -2.28. The highest BCUT2D eigenvalue weighted by Gasteiger charge is 2.33. The standard InChI is InChI=1S/C17H26N2O4/c1-4-6-11-17(3,23-5-2)16(21)19-13-7-9-14(10-8-13)22-12-15(18)20/h7-10H,4-6,11-12H2,1-3H3,(H2,18,20)(H,19,21). The van der Waals surface area contributed by atoms with Crippen LogP contribution < -0.4 is 15.8 Å². The van der Waals surface area contributed by atoms with Crippen LogP contribution in [0.1, 0.15) is 40.0 Å². The van der Waals surface area contributed by atoms with Gasteiger partial charge in [-0.25, -0.2) is 0 Å². The van der Waals surface area contributed by atoms with E-state index in [-0.39, 0.29) is 12.5 Å². The highest BCUT2D eigenvalue weighted by atomic mass is 16.5. The van der Waals surface area contributed by atoms with Crippen LogP contribution in [0.5, 0.6) is 5.75 Å². The van der Waals surface area contributed by atoms with E-state index >= 15 is 0 Å². The Morgan fingerprint density at radius 3 is 2.39 bits per heavy atom. The molecular formula is C17H26N2O4. The number of hydrogen-bond donors (Lipinski definition) is 2. The number of hydrogen-bond acceptors (Lipinski definition) is 4. The van der Waals surface area contributed by atoms with Crippen molar-refractivity contribution in [3.63, 3.8) is 0 Å². The zero-order valence-corrected chi connectivity index (χ0v) is 14.1. The molecule has 0 bridgehead atoms. The summed E-state index contributed by atoms with van der Waals surface area (Å²) in [5.74, 6) is -0.190. The van der Waals surface area contributed by atoms with E-state index in [0.29, 0.717) is 24.5 Å². The number of ether oxygens (including phenoxy) is 2. The predicted octanol–water partition coefficient (Wildman–Crippen LogP) is 2.47. The lowest BCUT2D eigenvalue weighted by Crippen LogP contribution is -2.42. The van der Waals surface area contributed by atoms with E-state index < -0.39 is 11.5 Å². The summed E-state index contributed by atoms with van der Waals surface area (Å²) in [7, 11) is 0. The molecule has 128 valence electrons. The Morgan fingerprint density at radius 2 is 1.87 bits per heavy atom. The second kappa shape index (κ2) is 9.15. The van der Waals surface area contributed by atoms with Gasteiger partial charge in [-0.1, -0.05) is 19.8 Å². The lowest BCUT2D eigenvalue weighted by molar-refractivity contribution is -0.139. The lowest BCUT2D eigenvalue weighted by atomic mass is 9.97. The van der Waals surface area contributed by atoms with Crippen LogP contribution in [0.15, 0.2) is 24.3 Å². The van der Waals surface area contributed by atoms with E-state index in [0.717, 1.165) is 12.8 Å². The van der Waals surface area contributed by atoms with Gasteiger partial charge < -0.3 is 20.5 Å². The Hall–Kier alpha value is -2.08. The van der Waals surface area contributed by atoms with Crippen LogP contribution in [0.25, 0.3) is 0 Å². The Morgan fingerprint density at radius 1 is 1.22 bits per heavy atom. The van der Waals surface area contributed by atoms with Gasteiger partial charge in [-0.2, -0.15) is 0 Å². The molecule has 1 aromatic carbocycles. The summed E-state index contributed by atoms with van der Waals surface area (Å²) in [6.07, 6.45) is 2.59. The van der Waals surface area contributed by atoms with Crippen molar-refractivity contribution in [1.29, 1.82) is 0 Å². The molecule has 0 aliphatic carbocycles. The monoisotopic (exact) mass is 322 g/mol. The largest absolute Gasteiger partial charge is 0.484 e. The molecule has 0 fully saturated rings. The van der Waals surface area contributed by atoms with Gasteiger partial charge in [0.05, 0.1) is 0 Å². The smallest absolute Gasteiger partial charge is 0.256 e. The minimum absolute atomic E-state index is 0.168. The molecule has 1 unspecified atom stereocenters. The Bertz CT molecular complexity index is 516. The first-order chi connectivity index (χ1) is 10.9. The van der Waals surface area contributed by atoms with Crippen LogP contribution in [0, 0.1) is 0 Å². The zero-order valence-electron chi connectivity index (χ0n) is 14.1. The molecule has 1 rings (SSSR count). The Balaban J connectivity index is 2.68. The minimum atomic E-state index is -0.841. The van der Waals surface area contributed by atoms with Gasteiger partial charge in [-0.3, -0.25) is 9.59 Å². The number of anilines is 1. The van der Waals surface area contributed by atoms with E-state index in [1.54, 1.807) is 24.3 Å². The maximum atomic E-state index is 12.5. The number of amides is 2. The van der Waals surface area contributed by atoms with Crippen LogP contribution in [0.3, 0.4) is 0 Å². The molecular weight excluding hydrogens is 296 g/mol. The summed E-state index contributed by atoms with van der Waals surface area (Å²) in [5.41, 5.74) is 4.82. The van der Waals surface area contributed by atoms with Gasteiger partial charge >= 0.3 is 0 Å². The number of primary amides is 1. The third kappa shape index (κ3) is 6.28. The minimum Gasteiger partial charge on any atom is -0.484 e. The molecule has 0 spiro atoms. The average Bonchev–Trinajstić information content (AvgIpc) is 2.52. The van der Waals surface area contributed by atoms with E-state index in [1.807, 2.05) is 13.8 Å². The third-order valence-electron chi connectivity index (χ3n) is 3.44. The van der Waals surface area contributed by atoms with Crippen molar-refractivity contribution in [2.75, 3.05) is 18.5 Å². The highest BCUT2D eigenvalue weighted by Crippen LogP contribution is 2.22. The van der Waals surface area contributed by atoms with Crippen molar-refractivity contribution in [3.05, 3.63) is 24.3 Å². The van der Waals surface area contributed by atoms with Crippen molar-refractivity contribution >= 4 is 17.5 Å². The van der Waals surface area contributed by atoms with Crippen LogP contribution >= 0.6 is 0 Å². The second-order valence-electron chi connectivity index (χ2n) is 5.50. The van der Waals surface area contributed by atoms with Gasteiger partial charge in [0.2, 0.25) is 0 Å². The van der Waals surface area contributed by atoms with Crippen LogP contribution in [0.4, 0.5) is 5.69 Å². The number of nitrogens with one attached hydrogen (secondary N) is 1. The Labute approximate surface area is 137 Å². The van der Waals surface area contributed by atoms with Gasteiger partial charge in [0, 0.05) is 12.3 Å². The number of nitrogens with two attached hydrogens (primary N) is 1. The summed E-state index contributed by atoms with van der Waals surface area (Å²) in [5, 5.41) is 2.86. The molecule has 6 heteroatoms. The second-order valence-corrected chi connectivity index (χ2v) is 5.50. The number of carbonyl (C=O) groups excluding carboxylic acids is 2. The molecule has 0 aliphatic rings. The van der Waals surface area contributed by atoms with Crippen molar-refractivity contribution < 1.29 is 19.1 Å². The van der Waals surface area contributed by atoms with E-state index in [2.05, 4.69) is 12.2 Å². The van der Waals surface area contributed by atoms with Gasteiger partial charge in [-0.05, 0) is 44.5 Å². The zero-order chi connectivity index (χ0) is 17.3. The molecule has 1 atom stereocenters. The van der Waals surface area contributed by atoms with E-state index in [1.165, 1.54) is 0 Å². The van der Waals surface area contributed by atoms with E-state index in [9.17, 15) is 9.59 Å². The summed E-state index contributed by atoms with van der Waals surface area (Å²) in [4.78, 5) is 23.2. The van der Waals surface area contributed by atoms with Crippen molar-refractivity contribution in [1.82, 2.24) is 0 Å². The molecule has 0 saturated carbocycles. The fraction of sp³-hybridized carbons (Fsp3) is 0.529. The highest BCUT2D eigenvalue weighted by molar-refractivity contribution is 5.97. The first-order valence-corrected chi connectivity index (χ1v) is 7.88. The van der Waals surface area contributed by atoms with Crippen LogP contribution in [-0.2, 0) is 14.3 Å². The predicted molar refractivity (Wildman–Crippen MR) is 89.3 cm³/mol. The maximum absolute atomic E-state index is 12.5. The molecule has 0 heterocycles. The van der Waals surface area contributed by atoms with Crippen LogP contribution in [-0.4, -0.2) is 30.6 Å². The summed E-state index contributed by atoms with van der Waals surface area (Å²) in [6, 6.07) is 6.76. The molecule has 6 nitrogen and oxygen atoms in total. The van der Waals surface area contributed by atoms with Crippen molar-refractivity contribution in [3.8, 4) is 5.75 Å². The van der Waals surface area contributed by atoms with Gasteiger partial charge in [0.1, 0.15) is 11.4 Å². The maximum Gasteiger partial charge on any atom is 0.256 e. The fourth-order valence-electron chi connectivity index (χ4n) is 2.14. The van der Waals surface area contributed by atoms with E-state index in [4.69, 9.17) is 15.2 Å². The molecule has 2 amide bonds. The number of unbranched alkanes of at least 4 members (excludes halogenated alkanes) is 1. The molecule has 1 aromatic rings. The molecule has 3 N–H and O–H groups in total. The molecule has 23 heavy (non-hydrogen) atoms. The summed E-state index contributed by atoms with van der Waals surface area (Å²) >= 11 is 0. The van der Waals surface area contributed by atoms with Gasteiger partial charge in [-0.15, -0.1) is 0 Å². The summed E-state index contributed by atoms with van der Waals surface area (Å²) < 4.78 is 10.8.